The molecule has 3 rings (SSSR count). The summed E-state index contributed by atoms with van der Waals surface area (Å²) in [5, 5.41) is 24.3. The van der Waals surface area contributed by atoms with Crippen LogP contribution in [0.4, 0.5) is 0 Å². The van der Waals surface area contributed by atoms with Gasteiger partial charge in [-0.05, 0) is 73.4 Å². The second kappa shape index (κ2) is 14.8. The van der Waals surface area contributed by atoms with E-state index in [1.807, 2.05) is 0 Å². The highest BCUT2D eigenvalue weighted by Crippen LogP contribution is 2.24. The minimum atomic E-state index is -0.492. The molecule has 0 radical (unpaired) electrons. The molecule has 0 aliphatic carbocycles. The zero-order valence-electron chi connectivity index (χ0n) is 22.3. The molecule has 1 aliphatic rings. The van der Waals surface area contributed by atoms with Gasteiger partial charge in [0.25, 0.3) is 0 Å². The monoisotopic (exact) mass is 538 g/mol. The first-order valence-electron chi connectivity index (χ1n) is 12.8. The molecule has 11 nitrogen and oxygen atoms in total. The van der Waals surface area contributed by atoms with Crippen LogP contribution in [0.5, 0.6) is 0 Å². The standard InChI is InChI=1S/C29H30N8O3/c1-36(12-2-11-34-35-32)20-27(38)33-17-28(39)37-18-25(13-21-3-7-23(15-30)8-4-21)29(40)26(19-37)14-22-5-9-24(16-31)10-6-22/h3-10,13,26H,2,11-12,14,17-20H2,1H3,(H,33,38)/b25-13+. The van der Waals surface area contributed by atoms with Crippen LogP contribution in [0.15, 0.2) is 59.2 Å². The molecule has 1 N–H and O–H groups in total. The Labute approximate surface area is 232 Å². The van der Waals surface area contributed by atoms with E-state index in [0.717, 1.165) is 11.1 Å². The van der Waals surface area contributed by atoms with Crippen molar-refractivity contribution in [3.05, 3.63) is 86.8 Å². The van der Waals surface area contributed by atoms with E-state index < -0.39 is 5.92 Å². The van der Waals surface area contributed by atoms with Gasteiger partial charge < -0.3 is 10.2 Å². The number of nitriles is 2. The van der Waals surface area contributed by atoms with Crippen LogP contribution >= 0.6 is 0 Å². The average molecular weight is 539 g/mol. The number of nitrogens with zero attached hydrogens (tertiary/aromatic N) is 7. The fourth-order valence-electron chi connectivity index (χ4n) is 4.40. The molecule has 1 unspecified atom stereocenters. The van der Waals surface area contributed by atoms with Gasteiger partial charge in [-0.15, -0.1) is 0 Å². The van der Waals surface area contributed by atoms with E-state index in [1.54, 1.807) is 71.5 Å². The van der Waals surface area contributed by atoms with E-state index in [2.05, 4.69) is 27.5 Å². The quantitative estimate of drug-likeness (QED) is 0.152. The SMILES string of the molecule is CN(CCCN=[N+]=[N-])CC(=O)NCC(=O)N1C/C(=C\c2ccc(C#N)cc2)C(=O)C(Cc2ccc(C#N)cc2)C1. The molecule has 0 aromatic heterocycles. The van der Waals surface area contributed by atoms with Crippen molar-refractivity contribution < 1.29 is 14.4 Å². The van der Waals surface area contributed by atoms with E-state index in [0.29, 0.717) is 42.6 Å². The van der Waals surface area contributed by atoms with Crippen LogP contribution in [0, 0.1) is 28.6 Å². The van der Waals surface area contributed by atoms with E-state index in [9.17, 15) is 14.4 Å². The number of rotatable bonds is 11. The third-order valence-electron chi connectivity index (χ3n) is 6.50. The predicted molar refractivity (Wildman–Crippen MR) is 148 cm³/mol. The number of likely N-dealkylation sites (N-methyl/N-ethyl adjacent to an activating group) is 1. The number of hydrogen-bond acceptors (Lipinski definition) is 7. The van der Waals surface area contributed by atoms with Crippen molar-refractivity contribution in [2.75, 3.05) is 46.3 Å². The Bertz CT molecular complexity index is 1380. The Morgan fingerprint density at radius 1 is 1.15 bits per heavy atom. The number of hydrogen-bond donors (Lipinski definition) is 1. The molecule has 2 amide bonds. The lowest BCUT2D eigenvalue weighted by Crippen LogP contribution is -2.50. The Balaban J connectivity index is 1.70. The van der Waals surface area contributed by atoms with Gasteiger partial charge in [0.05, 0.1) is 36.4 Å². The maximum atomic E-state index is 13.5. The summed E-state index contributed by atoms with van der Waals surface area (Å²) in [7, 11) is 1.77. The number of ketones is 1. The maximum absolute atomic E-state index is 13.5. The summed E-state index contributed by atoms with van der Waals surface area (Å²) in [6.07, 6.45) is 2.74. The molecule has 1 fully saturated rings. The highest BCUT2D eigenvalue weighted by atomic mass is 16.2. The number of carbonyl (C=O) groups excluding carboxylic acids is 3. The van der Waals surface area contributed by atoms with Gasteiger partial charge in [-0.25, -0.2) is 0 Å². The maximum Gasteiger partial charge on any atom is 0.242 e. The number of amides is 2. The van der Waals surface area contributed by atoms with Gasteiger partial charge >= 0.3 is 0 Å². The number of likely N-dealkylation sites (tertiary alicyclic amines) is 1. The van der Waals surface area contributed by atoms with Gasteiger partial charge in [0.2, 0.25) is 11.8 Å². The summed E-state index contributed by atoms with van der Waals surface area (Å²) in [5.74, 6) is -1.17. The second-order valence-corrected chi connectivity index (χ2v) is 9.57. The first-order valence-corrected chi connectivity index (χ1v) is 12.8. The Kier molecular flexibility index (Phi) is 11.0. The average Bonchev–Trinajstić information content (AvgIpc) is 2.96. The molecule has 2 aromatic carbocycles. The van der Waals surface area contributed by atoms with Gasteiger partial charge in [-0.3, -0.25) is 19.3 Å². The molecule has 1 saturated heterocycles. The Morgan fingerprint density at radius 3 is 2.42 bits per heavy atom. The van der Waals surface area contributed by atoms with Gasteiger partial charge in [-0.2, -0.15) is 10.5 Å². The van der Waals surface area contributed by atoms with Crippen LogP contribution in [0.3, 0.4) is 0 Å². The minimum Gasteiger partial charge on any atom is -0.346 e. The molecular weight excluding hydrogens is 508 g/mol. The first kappa shape index (κ1) is 29.6. The Morgan fingerprint density at radius 2 is 1.80 bits per heavy atom. The van der Waals surface area contributed by atoms with Crippen LogP contribution in [-0.2, 0) is 20.8 Å². The minimum absolute atomic E-state index is 0.0656. The molecule has 0 saturated carbocycles. The van der Waals surface area contributed by atoms with Crippen molar-refractivity contribution in [1.82, 2.24) is 15.1 Å². The number of Topliss-reactive ketones (excluding diaryl/α,β-unsaturated/α-hetero) is 1. The molecule has 1 aliphatic heterocycles. The van der Waals surface area contributed by atoms with Crippen molar-refractivity contribution in [2.24, 2.45) is 11.0 Å². The fraction of sp³-hybridized carbons (Fsp3) is 0.345. The van der Waals surface area contributed by atoms with E-state index in [1.165, 1.54) is 0 Å². The highest BCUT2D eigenvalue weighted by Gasteiger charge is 2.33. The molecule has 0 bridgehead atoms. The molecular formula is C29H30N8O3. The van der Waals surface area contributed by atoms with E-state index in [-0.39, 0.29) is 43.8 Å². The van der Waals surface area contributed by atoms with Crippen LogP contribution in [-0.4, -0.2) is 73.7 Å². The zero-order chi connectivity index (χ0) is 28.9. The molecule has 204 valence electrons. The van der Waals surface area contributed by atoms with E-state index >= 15 is 0 Å². The van der Waals surface area contributed by atoms with Crippen molar-refractivity contribution in [3.63, 3.8) is 0 Å². The van der Waals surface area contributed by atoms with E-state index in [4.69, 9.17) is 16.1 Å². The number of nitrogens with one attached hydrogen (secondary N) is 1. The van der Waals surface area contributed by atoms with Crippen LogP contribution in [0.1, 0.15) is 28.7 Å². The van der Waals surface area contributed by atoms with Crippen molar-refractivity contribution in [2.45, 2.75) is 12.8 Å². The molecule has 1 atom stereocenters. The summed E-state index contributed by atoms with van der Waals surface area (Å²) in [5.41, 5.74) is 11.5. The molecule has 2 aromatic rings. The van der Waals surface area contributed by atoms with Crippen LogP contribution in [0.2, 0.25) is 0 Å². The van der Waals surface area contributed by atoms with Crippen LogP contribution < -0.4 is 5.32 Å². The number of benzene rings is 2. The lowest BCUT2D eigenvalue weighted by molar-refractivity contribution is -0.135. The largest absolute Gasteiger partial charge is 0.346 e. The van der Waals surface area contributed by atoms with Gasteiger partial charge in [0.15, 0.2) is 5.78 Å². The van der Waals surface area contributed by atoms with Crippen molar-refractivity contribution in [3.8, 4) is 12.1 Å². The topological polar surface area (TPSA) is 166 Å². The molecule has 0 spiro atoms. The predicted octanol–water partition coefficient (Wildman–Crippen LogP) is 2.83. The van der Waals surface area contributed by atoms with Gasteiger partial charge in [0, 0.05) is 36.0 Å². The lowest BCUT2D eigenvalue weighted by atomic mass is 9.86. The third-order valence-corrected chi connectivity index (χ3v) is 6.50. The first-order chi connectivity index (χ1) is 19.3. The molecule has 11 heteroatoms. The fourth-order valence-corrected chi connectivity index (χ4v) is 4.40. The normalized spacial score (nSPS) is 15.7. The summed E-state index contributed by atoms with van der Waals surface area (Å²) < 4.78 is 0. The zero-order valence-corrected chi connectivity index (χ0v) is 22.3. The number of azide groups is 1. The second-order valence-electron chi connectivity index (χ2n) is 9.57. The van der Waals surface area contributed by atoms with Gasteiger partial charge in [0.1, 0.15) is 0 Å². The Hall–Kier alpha value is -4.96. The smallest absolute Gasteiger partial charge is 0.242 e. The van der Waals surface area contributed by atoms with Crippen molar-refractivity contribution >= 4 is 23.7 Å². The highest BCUT2D eigenvalue weighted by molar-refractivity contribution is 6.03. The summed E-state index contributed by atoms with van der Waals surface area (Å²) in [6.45, 7) is 1.11. The molecule has 40 heavy (non-hydrogen) atoms. The third kappa shape index (κ3) is 8.81. The van der Waals surface area contributed by atoms with Gasteiger partial charge in [-0.1, -0.05) is 29.4 Å². The summed E-state index contributed by atoms with van der Waals surface area (Å²) in [6, 6.07) is 18.0. The molecule has 1 heterocycles. The number of carbonyl (C=O) groups is 3. The summed E-state index contributed by atoms with van der Waals surface area (Å²) in [4.78, 5) is 45.0. The lowest BCUT2D eigenvalue weighted by Gasteiger charge is -2.34. The van der Waals surface area contributed by atoms with Crippen molar-refractivity contribution in [1.29, 1.82) is 10.5 Å². The van der Waals surface area contributed by atoms with Crippen LogP contribution in [0.25, 0.3) is 16.5 Å². The number of piperidine rings is 1. The summed E-state index contributed by atoms with van der Waals surface area (Å²) >= 11 is 0.